The molecule has 1 aromatic heterocycles. The molecule has 0 aliphatic carbocycles. The first-order valence-corrected chi connectivity index (χ1v) is 12.5. The molecule has 1 aliphatic heterocycles. The first kappa shape index (κ1) is 25.5. The second-order valence-corrected chi connectivity index (χ2v) is 9.31. The van der Waals surface area contributed by atoms with Crippen LogP contribution in [0.3, 0.4) is 0 Å². The smallest absolute Gasteiger partial charge is 0.269 e. The Balaban J connectivity index is 1.22. The summed E-state index contributed by atoms with van der Waals surface area (Å²) < 4.78 is 10.6. The minimum absolute atomic E-state index is 0.0674. The van der Waals surface area contributed by atoms with Gasteiger partial charge >= 0.3 is 0 Å². The highest BCUT2D eigenvalue weighted by atomic mass is 32.1. The number of nitro groups is 1. The van der Waals surface area contributed by atoms with Gasteiger partial charge in [-0.1, -0.05) is 12.1 Å². The van der Waals surface area contributed by atoms with Crippen LogP contribution in [0.2, 0.25) is 0 Å². The number of thiazole rings is 1. The number of ether oxygens (including phenoxy) is 2. The van der Waals surface area contributed by atoms with Gasteiger partial charge in [-0.3, -0.25) is 19.8 Å². The summed E-state index contributed by atoms with van der Waals surface area (Å²) in [5.41, 5.74) is 2.70. The lowest BCUT2D eigenvalue weighted by atomic mass is 10.1. The van der Waals surface area contributed by atoms with Crippen molar-refractivity contribution < 1.29 is 19.2 Å². The lowest BCUT2D eigenvalue weighted by Crippen LogP contribution is -2.46. The number of carbonyl (C=O) groups excluding carboxylic acids is 1. The molecule has 0 atom stereocenters. The van der Waals surface area contributed by atoms with Gasteiger partial charge in [0.1, 0.15) is 0 Å². The Hall–Kier alpha value is -3.54. The van der Waals surface area contributed by atoms with Crippen LogP contribution in [0.1, 0.15) is 12.0 Å². The Labute approximate surface area is 213 Å². The average molecular weight is 512 g/mol. The maximum atomic E-state index is 12.5. The molecular weight excluding hydrogens is 482 g/mol. The third-order valence-electron chi connectivity index (χ3n) is 6.08. The highest BCUT2D eigenvalue weighted by Gasteiger charge is 2.19. The number of nitro benzene ring substituents is 1. The van der Waals surface area contributed by atoms with Gasteiger partial charge in [0.2, 0.25) is 5.91 Å². The van der Waals surface area contributed by atoms with E-state index in [1.54, 1.807) is 26.4 Å². The van der Waals surface area contributed by atoms with Crippen LogP contribution < -0.4 is 14.8 Å². The normalized spacial score (nSPS) is 14.4. The van der Waals surface area contributed by atoms with Gasteiger partial charge in [-0.05, 0) is 23.8 Å². The molecule has 10 nitrogen and oxygen atoms in total. The van der Waals surface area contributed by atoms with Gasteiger partial charge in [-0.25, -0.2) is 4.98 Å². The molecule has 1 aliphatic rings. The number of amides is 1. The molecule has 1 fully saturated rings. The number of piperazine rings is 1. The molecule has 36 heavy (non-hydrogen) atoms. The van der Waals surface area contributed by atoms with Gasteiger partial charge in [0.25, 0.3) is 5.69 Å². The summed E-state index contributed by atoms with van der Waals surface area (Å²) in [5, 5.41) is 16.3. The Morgan fingerprint density at radius 2 is 1.83 bits per heavy atom. The molecular formula is C25H29N5O5S. The quantitative estimate of drug-likeness (QED) is 0.323. The van der Waals surface area contributed by atoms with Crippen molar-refractivity contribution in [2.75, 3.05) is 52.3 Å². The molecule has 4 rings (SSSR count). The number of aromatic nitrogens is 1. The van der Waals surface area contributed by atoms with E-state index < -0.39 is 0 Å². The largest absolute Gasteiger partial charge is 0.493 e. The summed E-state index contributed by atoms with van der Waals surface area (Å²) >= 11 is 1.38. The maximum Gasteiger partial charge on any atom is 0.269 e. The number of rotatable bonds is 10. The summed E-state index contributed by atoms with van der Waals surface area (Å²) in [6.07, 6.45) is 0.385. The number of nitrogens with zero attached hydrogens (tertiary/aromatic N) is 4. The van der Waals surface area contributed by atoms with Crippen LogP contribution in [-0.4, -0.2) is 72.6 Å². The third kappa shape index (κ3) is 6.56. The molecule has 0 spiro atoms. The Morgan fingerprint density at radius 1 is 1.08 bits per heavy atom. The molecule has 11 heteroatoms. The van der Waals surface area contributed by atoms with E-state index >= 15 is 0 Å². The van der Waals surface area contributed by atoms with E-state index in [-0.39, 0.29) is 16.5 Å². The van der Waals surface area contributed by atoms with E-state index in [0.717, 1.165) is 43.0 Å². The van der Waals surface area contributed by atoms with Crippen LogP contribution in [-0.2, 0) is 11.3 Å². The first-order chi connectivity index (χ1) is 17.4. The topological polar surface area (TPSA) is 110 Å². The molecule has 190 valence electrons. The zero-order chi connectivity index (χ0) is 25.5. The van der Waals surface area contributed by atoms with E-state index in [2.05, 4.69) is 20.1 Å². The SMILES string of the molecule is COc1ccc(-c2csc(NC(=O)CCN3CCN(Cc4cccc([N+](=O)[O-])c4)CC3)n2)cc1OC. The number of hydrogen-bond acceptors (Lipinski definition) is 9. The second-order valence-electron chi connectivity index (χ2n) is 8.45. The lowest BCUT2D eigenvalue weighted by Gasteiger charge is -2.34. The number of anilines is 1. The molecule has 2 heterocycles. The van der Waals surface area contributed by atoms with Crippen molar-refractivity contribution in [2.24, 2.45) is 0 Å². The Morgan fingerprint density at radius 3 is 2.56 bits per heavy atom. The molecule has 0 unspecified atom stereocenters. The number of carbonyl (C=O) groups is 1. The van der Waals surface area contributed by atoms with Crippen molar-refractivity contribution in [3.8, 4) is 22.8 Å². The molecule has 2 aromatic carbocycles. The molecule has 0 radical (unpaired) electrons. The third-order valence-corrected chi connectivity index (χ3v) is 6.84. The van der Waals surface area contributed by atoms with Gasteiger partial charge in [-0.15, -0.1) is 11.3 Å². The van der Waals surface area contributed by atoms with Gasteiger partial charge < -0.3 is 19.7 Å². The van der Waals surface area contributed by atoms with Gasteiger partial charge in [0, 0.05) is 68.8 Å². The minimum Gasteiger partial charge on any atom is -0.493 e. The average Bonchev–Trinajstić information content (AvgIpc) is 3.36. The van der Waals surface area contributed by atoms with Crippen LogP contribution in [0.4, 0.5) is 10.8 Å². The summed E-state index contributed by atoms with van der Waals surface area (Å²) in [4.78, 5) is 32.2. The predicted octanol–water partition coefficient (Wildman–Crippen LogP) is 3.88. The fourth-order valence-corrected chi connectivity index (χ4v) is 4.83. The maximum absolute atomic E-state index is 12.5. The summed E-state index contributed by atoms with van der Waals surface area (Å²) in [5.74, 6) is 1.20. The molecule has 0 saturated carbocycles. The first-order valence-electron chi connectivity index (χ1n) is 11.6. The van der Waals surface area contributed by atoms with E-state index in [1.165, 1.54) is 17.4 Å². The number of nitrogens with one attached hydrogen (secondary N) is 1. The number of non-ortho nitro benzene ring substituents is 1. The summed E-state index contributed by atoms with van der Waals surface area (Å²) in [6.45, 7) is 4.76. The van der Waals surface area contributed by atoms with Gasteiger partial charge in [0.05, 0.1) is 24.8 Å². The lowest BCUT2D eigenvalue weighted by molar-refractivity contribution is -0.384. The van der Waals surface area contributed by atoms with E-state index in [0.29, 0.717) is 36.1 Å². The van der Waals surface area contributed by atoms with Crippen LogP contribution in [0.15, 0.2) is 47.8 Å². The van der Waals surface area contributed by atoms with Crippen molar-refractivity contribution in [1.29, 1.82) is 0 Å². The van der Waals surface area contributed by atoms with Crippen LogP contribution in [0, 0.1) is 10.1 Å². The van der Waals surface area contributed by atoms with Crippen molar-refractivity contribution in [2.45, 2.75) is 13.0 Å². The number of benzene rings is 2. The standard InChI is InChI=1S/C25H29N5O5S/c1-34-22-7-6-19(15-23(22)35-2)21-17-36-25(26-21)27-24(31)8-9-28-10-12-29(13-11-28)16-18-4-3-5-20(14-18)30(32)33/h3-7,14-15,17H,8-13,16H2,1-2H3,(H,26,27,31). The minimum atomic E-state index is -0.366. The van der Waals surface area contributed by atoms with E-state index in [1.807, 2.05) is 29.6 Å². The van der Waals surface area contributed by atoms with Crippen molar-refractivity contribution in [1.82, 2.24) is 14.8 Å². The number of methoxy groups -OCH3 is 2. The van der Waals surface area contributed by atoms with Gasteiger partial charge in [-0.2, -0.15) is 0 Å². The molecule has 1 amide bonds. The zero-order valence-electron chi connectivity index (χ0n) is 20.3. The highest BCUT2D eigenvalue weighted by Crippen LogP contribution is 2.33. The van der Waals surface area contributed by atoms with Crippen molar-refractivity contribution in [3.05, 3.63) is 63.5 Å². The van der Waals surface area contributed by atoms with E-state index in [9.17, 15) is 14.9 Å². The Kier molecular flexibility index (Phi) is 8.47. The highest BCUT2D eigenvalue weighted by molar-refractivity contribution is 7.14. The van der Waals surface area contributed by atoms with Gasteiger partial charge in [0.15, 0.2) is 16.6 Å². The number of hydrogen-bond donors (Lipinski definition) is 1. The molecule has 0 bridgehead atoms. The second kappa shape index (κ2) is 11.9. The molecule has 1 saturated heterocycles. The van der Waals surface area contributed by atoms with Crippen LogP contribution in [0.5, 0.6) is 11.5 Å². The van der Waals surface area contributed by atoms with Crippen LogP contribution in [0.25, 0.3) is 11.3 Å². The van der Waals surface area contributed by atoms with Crippen molar-refractivity contribution >= 4 is 28.1 Å². The van der Waals surface area contributed by atoms with E-state index in [4.69, 9.17) is 9.47 Å². The predicted molar refractivity (Wildman–Crippen MR) is 139 cm³/mol. The fraction of sp³-hybridized carbons (Fsp3) is 0.360. The zero-order valence-corrected chi connectivity index (χ0v) is 21.1. The molecule has 1 N–H and O–H groups in total. The van der Waals surface area contributed by atoms with Crippen molar-refractivity contribution in [3.63, 3.8) is 0 Å². The Bertz CT molecular complexity index is 1210. The monoisotopic (exact) mass is 511 g/mol. The summed E-state index contributed by atoms with van der Waals surface area (Å²) in [6, 6.07) is 12.4. The fourth-order valence-electron chi connectivity index (χ4n) is 4.10. The summed E-state index contributed by atoms with van der Waals surface area (Å²) in [7, 11) is 3.18. The van der Waals surface area contributed by atoms with Crippen LogP contribution >= 0.6 is 11.3 Å². The molecule has 3 aromatic rings.